The maximum Gasteiger partial charge on any atom is 0.331 e. The van der Waals surface area contributed by atoms with Crippen LogP contribution in [0.3, 0.4) is 0 Å². The lowest BCUT2D eigenvalue weighted by atomic mass is 10.2. The molecule has 1 fully saturated rings. The minimum absolute atomic E-state index is 0.0326. The molecule has 0 aromatic heterocycles. The molecule has 2 rings (SSSR count). The number of rotatable bonds is 6. The Labute approximate surface area is 152 Å². The Kier molecular flexibility index (Phi) is 6.66. The molecule has 0 N–H and O–H groups in total. The molecule has 1 heterocycles. The molecule has 1 aromatic carbocycles. The third-order valence-electron chi connectivity index (χ3n) is 4.02. The number of carbonyl (C=O) groups excluding carboxylic acids is 2. The fourth-order valence-electron chi connectivity index (χ4n) is 2.45. The van der Waals surface area contributed by atoms with E-state index in [1.165, 1.54) is 18.0 Å². The number of benzene rings is 1. The molecule has 0 spiro atoms. The van der Waals surface area contributed by atoms with Gasteiger partial charge in [0, 0.05) is 24.1 Å². The highest BCUT2D eigenvalue weighted by atomic mass is 32.2. The average molecular weight is 383 g/mol. The van der Waals surface area contributed by atoms with E-state index in [-0.39, 0.29) is 17.5 Å². The Morgan fingerprint density at radius 2 is 2.00 bits per heavy atom. The van der Waals surface area contributed by atoms with Gasteiger partial charge in [0.1, 0.15) is 0 Å². The van der Waals surface area contributed by atoms with Crippen molar-refractivity contribution in [1.82, 2.24) is 4.90 Å². The first-order chi connectivity index (χ1) is 11.8. The van der Waals surface area contributed by atoms with E-state index in [2.05, 4.69) is 0 Å². The van der Waals surface area contributed by atoms with Gasteiger partial charge < -0.3 is 9.64 Å². The molecule has 0 radical (unpaired) electrons. The Morgan fingerprint density at radius 1 is 1.32 bits per heavy atom. The molecule has 8 heteroatoms. The van der Waals surface area contributed by atoms with Gasteiger partial charge in [-0.3, -0.25) is 4.79 Å². The lowest BCUT2D eigenvalue weighted by molar-refractivity contribution is -0.148. The summed E-state index contributed by atoms with van der Waals surface area (Å²) in [4.78, 5) is 26.2. The summed E-state index contributed by atoms with van der Waals surface area (Å²) in [6.45, 7) is -0.401. The van der Waals surface area contributed by atoms with Crippen LogP contribution in [0.1, 0.15) is 12.0 Å². The molecule has 1 aliphatic rings. The molecule has 1 atom stereocenters. The second-order valence-corrected chi connectivity index (χ2v) is 8.88. The molecule has 1 saturated heterocycles. The molecule has 25 heavy (non-hydrogen) atoms. The van der Waals surface area contributed by atoms with Crippen molar-refractivity contribution >= 4 is 39.6 Å². The number of sulfone groups is 1. The second-order valence-electron chi connectivity index (χ2n) is 5.78. The molecular weight excluding hydrogens is 362 g/mol. The molecule has 6 nitrogen and oxygen atoms in total. The van der Waals surface area contributed by atoms with Crippen molar-refractivity contribution in [1.29, 1.82) is 0 Å². The van der Waals surface area contributed by atoms with Crippen LogP contribution in [0.2, 0.25) is 0 Å². The van der Waals surface area contributed by atoms with E-state index in [0.29, 0.717) is 6.42 Å². The molecule has 1 amide bonds. The van der Waals surface area contributed by atoms with Gasteiger partial charge >= 0.3 is 5.97 Å². The number of esters is 1. The number of carbonyl (C=O) groups is 2. The highest BCUT2D eigenvalue weighted by Gasteiger charge is 2.32. The Balaban J connectivity index is 1.80. The van der Waals surface area contributed by atoms with Crippen molar-refractivity contribution in [2.24, 2.45) is 0 Å². The molecular formula is C17H21NO5S2. The summed E-state index contributed by atoms with van der Waals surface area (Å²) in [6, 6.07) is 7.32. The van der Waals surface area contributed by atoms with Crippen molar-refractivity contribution < 1.29 is 22.7 Å². The van der Waals surface area contributed by atoms with Crippen LogP contribution in [0.5, 0.6) is 0 Å². The first-order valence-electron chi connectivity index (χ1n) is 7.76. The van der Waals surface area contributed by atoms with Crippen LogP contribution in [-0.4, -0.2) is 62.7 Å². The Morgan fingerprint density at radius 3 is 2.56 bits per heavy atom. The number of thioether (sulfide) groups is 1. The summed E-state index contributed by atoms with van der Waals surface area (Å²) in [5.41, 5.74) is 0.856. The van der Waals surface area contributed by atoms with E-state index < -0.39 is 28.3 Å². The maximum absolute atomic E-state index is 12.0. The molecule has 1 aromatic rings. The van der Waals surface area contributed by atoms with Crippen molar-refractivity contribution in [2.75, 3.05) is 31.4 Å². The summed E-state index contributed by atoms with van der Waals surface area (Å²) in [7, 11) is -1.53. The van der Waals surface area contributed by atoms with E-state index in [9.17, 15) is 18.0 Å². The normalized spacial score (nSPS) is 19.0. The summed E-state index contributed by atoms with van der Waals surface area (Å²) < 4.78 is 27.9. The summed E-state index contributed by atoms with van der Waals surface area (Å²) in [5.74, 6) is -0.967. The van der Waals surface area contributed by atoms with Gasteiger partial charge in [0.25, 0.3) is 5.91 Å². The van der Waals surface area contributed by atoms with Gasteiger partial charge in [-0.1, -0.05) is 12.1 Å². The number of ether oxygens (including phenoxy) is 1. The van der Waals surface area contributed by atoms with Crippen LogP contribution in [0, 0.1) is 0 Å². The summed E-state index contributed by atoms with van der Waals surface area (Å²) in [5, 5.41) is 0. The molecule has 0 unspecified atom stereocenters. The fourth-order valence-corrected chi connectivity index (χ4v) is 4.63. The Bertz CT molecular complexity index is 756. The third-order valence-corrected chi connectivity index (χ3v) is 6.51. The average Bonchev–Trinajstić information content (AvgIpc) is 2.97. The maximum atomic E-state index is 12.0. The van der Waals surface area contributed by atoms with Crippen LogP contribution < -0.4 is 0 Å². The topological polar surface area (TPSA) is 80.8 Å². The van der Waals surface area contributed by atoms with Crippen molar-refractivity contribution in [3.05, 3.63) is 35.9 Å². The molecule has 1 aliphatic heterocycles. The van der Waals surface area contributed by atoms with Crippen LogP contribution in [0.15, 0.2) is 35.2 Å². The van der Waals surface area contributed by atoms with Gasteiger partial charge in [0.05, 0.1) is 11.5 Å². The Hall–Kier alpha value is -1.80. The number of amides is 1. The van der Waals surface area contributed by atoms with Gasteiger partial charge in [-0.25, -0.2) is 13.2 Å². The predicted molar refractivity (Wildman–Crippen MR) is 98.0 cm³/mol. The largest absolute Gasteiger partial charge is 0.452 e. The van der Waals surface area contributed by atoms with Gasteiger partial charge in [-0.05, 0) is 36.4 Å². The second kappa shape index (κ2) is 8.53. The van der Waals surface area contributed by atoms with Gasteiger partial charge in [-0.15, -0.1) is 11.8 Å². The summed E-state index contributed by atoms with van der Waals surface area (Å²) >= 11 is 1.63. The minimum atomic E-state index is -3.06. The first-order valence-corrected chi connectivity index (χ1v) is 10.8. The smallest absolute Gasteiger partial charge is 0.331 e. The van der Waals surface area contributed by atoms with Crippen LogP contribution in [0.25, 0.3) is 6.08 Å². The first kappa shape index (κ1) is 19.5. The van der Waals surface area contributed by atoms with Crippen LogP contribution in [0.4, 0.5) is 0 Å². The van der Waals surface area contributed by atoms with E-state index >= 15 is 0 Å². The quantitative estimate of drug-likeness (QED) is 0.422. The predicted octanol–water partition coefficient (Wildman–Crippen LogP) is 1.61. The van der Waals surface area contributed by atoms with E-state index in [0.717, 1.165) is 10.5 Å². The molecule has 0 saturated carbocycles. The standard InChI is InChI=1S/C17H21NO5S2/c1-18(14-9-10-25(21,22)12-14)16(19)11-23-17(20)8-5-13-3-6-15(24-2)7-4-13/h3-8,14H,9-12H2,1-2H3/b8-5+/t14-/m0/s1. The zero-order valence-corrected chi connectivity index (χ0v) is 15.8. The minimum Gasteiger partial charge on any atom is -0.452 e. The highest BCUT2D eigenvalue weighted by molar-refractivity contribution is 7.98. The summed E-state index contributed by atoms with van der Waals surface area (Å²) in [6.07, 6.45) is 5.28. The lowest BCUT2D eigenvalue weighted by Crippen LogP contribution is -2.40. The number of likely N-dealkylation sites (N-methyl/N-ethyl adjacent to an activating group) is 1. The number of hydrogen-bond donors (Lipinski definition) is 0. The molecule has 136 valence electrons. The van der Waals surface area contributed by atoms with Crippen molar-refractivity contribution in [3.8, 4) is 0 Å². The van der Waals surface area contributed by atoms with Gasteiger partial charge in [0.2, 0.25) is 0 Å². The van der Waals surface area contributed by atoms with Crippen LogP contribution in [-0.2, 0) is 24.2 Å². The molecule has 0 aliphatic carbocycles. The monoisotopic (exact) mass is 383 g/mol. The zero-order valence-electron chi connectivity index (χ0n) is 14.2. The van der Waals surface area contributed by atoms with E-state index in [4.69, 9.17) is 4.74 Å². The third kappa shape index (κ3) is 5.89. The molecule has 0 bridgehead atoms. The number of nitrogens with zero attached hydrogens (tertiary/aromatic N) is 1. The lowest BCUT2D eigenvalue weighted by Gasteiger charge is -2.22. The van der Waals surface area contributed by atoms with E-state index in [1.807, 2.05) is 30.5 Å². The fraction of sp³-hybridized carbons (Fsp3) is 0.412. The van der Waals surface area contributed by atoms with Crippen molar-refractivity contribution in [2.45, 2.75) is 17.4 Å². The number of hydrogen-bond acceptors (Lipinski definition) is 6. The SMILES string of the molecule is CSc1ccc(/C=C/C(=O)OCC(=O)N(C)[C@H]2CCS(=O)(=O)C2)cc1. The van der Waals surface area contributed by atoms with E-state index in [1.54, 1.807) is 17.8 Å². The van der Waals surface area contributed by atoms with Gasteiger partial charge in [-0.2, -0.15) is 0 Å². The van der Waals surface area contributed by atoms with Crippen LogP contribution >= 0.6 is 11.8 Å². The van der Waals surface area contributed by atoms with Gasteiger partial charge in [0.15, 0.2) is 16.4 Å². The highest BCUT2D eigenvalue weighted by Crippen LogP contribution is 2.17. The van der Waals surface area contributed by atoms with Crippen molar-refractivity contribution in [3.63, 3.8) is 0 Å². The zero-order chi connectivity index (χ0) is 18.4.